The Morgan fingerprint density at radius 3 is 1.84 bits per heavy atom. The Morgan fingerprint density at radius 1 is 0.640 bits per heavy atom. The van der Waals surface area contributed by atoms with E-state index >= 15 is 0 Å². The number of nitrogens with zero attached hydrogens (tertiary/aromatic N) is 1. The van der Waals surface area contributed by atoms with Crippen LogP contribution in [0.4, 0.5) is 10.8 Å². The molecule has 0 unspecified atom stereocenters. The Labute approximate surface area is 162 Å². The minimum absolute atomic E-state index is 0. The maximum Gasteiger partial charge on any atom is 0.187 e. The summed E-state index contributed by atoms with van der Waals surface area (Å²) in [4.78, 5) is 4.66. The molecule has 3 aromatic carbocycles. The zero-order valence-electron chi connectivity index (χ0n) is 13.4. The van der Waals surface area contributed by atoms with Crippen molar-refractivity contribution in [1.82, 2.24) is 4.98 Å². The van der Waals surface area contributed by atoms with E-state index in [4.69, 9.17) is 0 Å². The van der Waals surface area contributed by atoms with Crippen LogP contribution in [0.1, 0.15) is 0 Å². The van der Waals surface area contributed by atoms with Gasteiger partial charge in [0.15, 0.2) is 5.13 Å². The number of halogens is 1. The molecule has 0 aliphatic heterocycles. The molecule has 0 fully saturated rings. The standard InChI is InChI=1S/C21H16N2S.BrH/c1-3-7-16(8-4-1)17-11-13-19(14-12-17)22-21-23-20(15-24-21)18-9-5-2-6-10-18;/h1-15H,(H,22,23);1H. The predicted molar refractivity (Wildman–Crippen MR) is 113 cm³/mol. The maximum absolute atomic E-state index is 4.66. The van der Waals surface area contributed by atoms with Crippen molar-refractivity contribution in [1.29, 1.82) is 0 Å². The fourth-order valence-corrected chi connectivity index (χ4v) is 3.31. The molecular weight excluding hydrogens is 392 g/mol. The lowest BCUT2D eigenvalue weighted by atomic mass is 10.1. The van der Waals surface area contributed by atoms with Crippen molar-refractivity contribution in [2.24, 2.45) is 0 Å². The summed E-state index contributed by atoms with van der Waals surface area (Å²) in [5.74, 6) is 0. The highest BCUT2D eigenvalue weighted by atomic mass is 79.9. The minimum Gasteiger partial charge on any atom is -0.332 e. The van der Waals surface area contributed by atoms with Crippen molar-refractivity contribution in [3.8, 4) is 22.4 Å². The van der Waals surface area contributed by atoms with Gasteiger partial charge in [-0.1, -0.05) is 72.8 Å². The van der Waals surface area contributed by atoms with Crippen molar-refractivity contribution < 1.29 is 0 Å². The van der Waals surface area contributed by atoms with Gasteiger partial charge < -0.3 is 5.32 Å². The molecule has 1 N–H and O–H groups in total. The fraction of sp³-hybridized carbons (Fsp3) is 0. The zero-order valence-corrected chi connectivity index (χ0v) is 16.0. The van der Waals surface area contributed by atoms with E-state index in [2.05, 4.69) is 76.3 Å². The topological polar surface area (TPSA) is 24.9 Å². The first-order valence-corrected chi connectivity index (χ1v) is 8.70. The molecule has 0 spiro atoms. The summed E-state index contributed by atoms with van der Waals surface area (Å²) in [6.07, 6.45) is 0. The third kappa shape index (κ3) is 4.16. The van der Waals surface area contributed by atoms with Crippen LogP contribution in [0.3, 0.4) is 0 Å². The second-order valence-electron chi connectivity index (χ2n) is 5.47. The van der Waals surface area contributed by atoms with Crippen LogP contribution in [0.15, 0.2) is 90.3 Å². The highest BCUT2D eigenvalue weighted by molar-refractivity contribution is 8.93. The van der Waals surface area contributed by atoms with Crippen LogP contribution in [0.2, 0.25) is 0 Å². The molecule has 0 saturated heterocycles. The Morgan fingerprint density at radius 2 is 1.20 bits per heavy atom. The van der Waals surface area contributed by atoms with Gasteiger partial charge in [0.25, 0.3) is 0 Å². The highest BCUT2D eigenvalue weighted by Crippen LogP contribution is 2.28. The van der Waals surface area contributed by atoms with Crippen LogP contribution in [0, 0.1) is 0 Å². The van der Waals surface area contributed by atoms with Crippen LogP contribution in [0.5, 0.6) is 0 Å². The molecule has 0 aliphatic rings. The van der Waals surface area contributed by atoms with Crippen LogP contribution >= 0.6 is 28.3 Å². The van der Waals surface area contributed by atoms with Gasteiger partial charge in [0.1, 0.15) is 0 Å². The molecule has 124 valence electrons. The van der Waals surface area contributed by atoms with Gasteiger partial charge in [0, 0.05) is 16.6 Å². The molecule has 0 saturated carbocycles. The summed E-state index contributed by atoms with van der Waals surface area (Å²) < 4.78 is 0. The van der Waals surface area contributed by atoms with Gasteiger partial charge in [0.05, 0.1) is 5.69 Å². The second kappa shape index (κ2) is 8.10. The van der Waals surface area contributed by atoms with Crippen molar-refractivity contribution in [2.75, 3.05) is 5.32 Å². The van der Waals surface area contributed by atoms with Crippen LogP contribution in [0.25, 0.3) is 22.4 Å². The maximum atomic E-state index is 4.66. The average Bonchev–Trinajstić information content (AvgIpc) is 3.12. The molecular formula is C21H17BrN2S. The number of thiazole rings is 1. The molecule has 1 heterocycles. The Hall–Kier alpha value is -2.43. The van der Waals surface area contributed by atoms with Gasteiger partial charge in [-0.3, -0.25) is 0 Å². The lowest BCUT2D eigenvalue weighted by molar-refractivity contribution is 1.38. The number of benzene rings is 3. The molecule has 1 aromatic heterocycles. The third-order valence-electron chi connectivity index (χ3n) is 3.82. The van der Waals surface area contributed by atoms with Gasteiger partial charge in [-0.15, -0.1) is 28.3 Å². The average molecular weight is 409 g/mol. The van der Waals surface area contributed by atoms with Crippen molar-refractivity contribution in [3.05, 3.63) is 90.3 Å². The molecule has 4 aromatic rings. The zero-order chi connectivity index (χ0) is 16.2. The molecule has 25 heavy (non-hydrogen) atoms. The molecule has 2 nitrogen and oxygen atoms in total. The van der Waals surface area contributed by atoms with E-state index in [9.17, 15) is 0 Å². The highest BCUT2D eigenvalue weighted by Gasteiger charge is 2.04. The largest absolute Gasteiger partial charge is 0.332 e. The number of rotatable bonds is 4. The number of nitrogens with one attached hydrogen (secondary N) is 1. The lowest BCUT2D eigenvalue weighted by Crippen LogP contribution is -1.89. The summed E-state index contributed by atoms with van der Waals surface area (Å²) in [7, 11) is 0. The molecule has 4 rings (SSSR count). The first kappa shape index (κ1) is 17.4. The van der Waals surface area contributed by atoms with E-state index in [1.807, 2.05) is 24.3 Å². The van der Waals surface area contributed by atoms with Crippen LogP contribution in [-0.2, 0) is 0 Å². The van der Waals surface area contributed by atoms with Crippen LogP contribution in [-0.4, -0.2) is 4.98 Å². The van der Waals surface area contributed by atoms with Crippen molar-refractivity contribution >= 4 is 39.1 Å². The van der Waals surface area contributed by atoms with E-state index in [0.717, 1.165) is 22.1 Å². The fourth-order valence-electron chi connectivity index (χ4n) is 2.57. The van der Waals surface area contributed by atoms with Gasteiger partial charge >= 0.3 is 0 Å². The van der Waals surface area contributed by atoms with E-state index in [1.54, 1.807) is 11.3 Å². The predicted octanol–water partition coefficient (Wildman–Crippen LogP) is 6.80. The van der Waals surface area contributed by atoms with E-state index in [-0.39, 0.29) is 17.0 Å². The van der Waals surface area contributed by atoms with Gasteiger partial charge in [-0.2, -0.15) is 0 Å². The molecule has 4 heteroatoms. The lowest BCUT2D eigenvalue weighted by Gasteiger charge is -2.05. The molecule has 0 bridgehead atoms. The van der Waals surface area contributed by atoms with Gasteiger partial charge in [0.2, 0.25) is 0 Å². The van der Waals surface area contributed by atoms with Crippen molar-refractivity contribution in [3.63, 3.8) is 0 Å². The molecule has 0 atom stereocenters. The second-order valence-corrected chi connectivity index (χ2v) is 6.33. The van der Waals surface area contributed by atoms with E-state index in [1.165, 1.54) is 11.1 Å². The van der Waals surface area contributed by atoms with Crippen LogP contribution < -0.4 is 5.32 Å². The first-order valence-electron chi connectivity index (χ1n) is 7.82. The third-order valence-corrected chi connectivity index (χ3v) is 4.57. The Bertz CT molecular complexity index is 919. The quantitative estimate of drug-likeness (QED) is 0.401. The summed E-state index contributed by atoms with van der Waals surface area (Å²) >= 11 is 1.62. The summed E-state index contributed by atoms with van der Waals surface area (Å²) in [6.45, 7) is 0. The molecule has 0 aliphatic carbocycles. The number of hydrogen-bond acceptors (Lipinski definition) is 3. The smallest absolute Gasteiger partial charge is 0.187 e. The summed E-state index contributed by atoms with van der Waals surface area (Å²) in [6, 6.07) is 29.1. The Balaban J connectivity index is 0.00000182. The minimum atomic E-state index is 0. The number of aromatic nitrogens is 1. The molecule has 0 radical (unpaired) electrons. The van der Waals surface area contributed by atoms with E-state index in [0.29, 0.717) is 0 Å². The number of hydrogen-bond donors (Lipinski definition) is 1. The first-order chi connectivity index (χ1) is 11.9. The van der Waals surface area contributed by atoms with Crippen molar-refractivity contribution in [2.45, 2.75) is 0 Å². The summed E-state index contributed by atoms with van der Waals surface area (Å²) in [5, 5.41) is 6.36. The number of anilines is 2. The molecule has 0 amide bonds. The SMILES string of the molecule is Br.c1ccc(-c2ccc(Nc3nc(-c4ccccc4)cs3)cc2)cc1. The monoisotopic (exact) mass is 408 g/mol. The Kier molecular flexibility index (Phi) is 5.64. The van der Waals surface area contributed by atoms with E-state index < -0.39 is 0 Å². The summed E-state index contributed by atoms with van der Waals surface area (Å²) in [5.41, 5.74) is 5.63. The van der Waals surface area contributed by atoms with Gasteiger partial charge in [-0.05, 0) is 23.3 Å². The van der Waals surface area contributed by atoms with Gasteiger partial charge in [-0.25, -0.2) is 4.98 Å². The normalized spacial score (nSPS) is 10.1.